The number of thiazole rings is 1. The average molecular weight is 346 g/mol. The first-order valence-corrected chi connectivity index (χ1v) is 7.45. The van der Waals surface area contributed by atoms with Gasteiger partial charge in [-0.2, -0.15) is 0 Å². The first-order valence-electron chi connectivity index (χ1n) is 5.46. The molecular formula is C12H10BrClN2OS. The zero-order valence-electron chi connectivity index (χ0n) is 9.27. The number of hydrogen-bond acceptors (Lipinski definition) is 4. The zero-order valence-corrected chi connectivity index (χ0v) is 12.4. The van der Waals surface area contributed by atoms with Crippen LogP contribution in [0.4, 0.5) is 0 Å². The van der Waals surface area contributed by atoms with Crippen molar-refractivity contribution in [2.45, 2.75) is 18.6 Å². The van der Waals surface area contributed by atoms with Gasteiger partial charge in [0.15, 0.2) is 6.10 Å². The van der Waals surface area contributed by atoms with Crippen LogP contribution in [0.5, 0.6) is 5.75 Å². The van der Waals surface area contributed by atoms with Crippen LogP contribution in [0.15, 0.2) is 28.9 Å². The van der Waals surface area contributed by atoms with Crippen LogP contribution in [0, 0.1) is 0 Å². The topological polar surface area (TPSA) is 48.1 Å². The van der Waals surface area contributed by atoms with E-state index in [0.29, 0.717) is 10.8 Å². The summed E-state index contributed by atoms with van der Waals surface area (Å²) < 4.78 is 7.63. The second kappa shape index (κ2) is 4.81. The Kier molecular flexibility index (Phi) is 3.32. The van der Waals surface area contributed by atoms with Gasteiger partial charge in [0.25, 0.3) is 0 Å². The second-order valence-electron chi connectivity index (χ2n) is 4.13. The Labute approximate surface area is 122 Å². The molecule has 1 aliphatic heterocycles. The molecule has 0 saturated heterocycles. The summed E-state index contributed by atoms with van der Waals surface area (Å²) in [6.45, 7) is 0. The van der Waals surface area contributed by atoms with Gasteiger partial charge in [-0.1, -0.05) is 27.5 Å². The fraction of sp³-hybridized carbons (Fsp3) is 0.250. The minimum Gasteiger partial charge on any atom is -0.483 e. The number of hydrogen-bond donors (Lipinski definition) is 1. The van der Waals surface area contributed by atoms with Crippen molar-refractivity contribution >= 4 is 38.9 Å². The molecule has 2 aromatic rings. The van der Waals surface area contributed by atoms with Gasteiger partial charge >= 0.3 is 0 Å². The van der Waals surface area contributed by atoms with Gasteiger partial charge < -0.3 is 10.5 Å². The third-order valence-electron chi connectivity index (χ3n) is 2.88. The molecule has 0 bridgehead atoms. The van der Waals surface area contributed by atoms with Crippen LogP contribution in [-0.2, 0) is 0 Å². The molecule has 94 valence electrons. The Morgan fingerprint density at radius 2 is 2.33 bits per heavy atom. The molecule has 1 unspecified atom stereocenters. The Morgan fingerprint density at radius 3 is 3.06 bits per heavy atom. The highest BCUT2D eigenvalue weighted by Gasteiger charge is 2.29. The van der Waals surface area contributed by atoms with Crippen LogP contribution in [0.3, 0.4) is 0 Å². The summed E-state index contributed by atoms with van der Waals surface area (Å²) >= 11 is 10.8. The van der Waals surface area contributed by atoms with Crippen molar-refractivity contribution < 1.29 is 4.74 Å². The van der Waals surface area contributed by atoms with Gasteiger partial charge in [-0.15, -0.1) is 11.3 Å². The number of benzene rings is 1. The Hall–Kier alpha value is -0.620. The first-order chi connectivity index (χ1) is 8.63. The molecule has 3 nitrogen and oxygen atoms in total. The van der Waals surface area contributed by atoms with E-state index in [1.807, 2.05) is 18.2 Å². The van der Waals surface area contributed by atoms with Crippen molar-refractivity contribution in [1.82, 2.24) is 4.98 Å². The van der Waals surface area contributed by atoms with E-state index in [-0.39, 0.29) is 12.1 Å². The van der Waals surface area contributed by atoms with Gasteiger partial charge in [-0.05, 0) is 18.2 Å². The van der Waals surface area contributed by atoms with Crippen LogP contribution in [0.1, 0.15) is 29.1 Å². The molecular weight excluding hydrogens is 336 g/mol. The van der Waals surface area contributed by atoms with Crippen molar-refractivity contribution in [2.24, 2.45) is 5.73 Å². The summed E-state index contributed by atoms with van der Waals surface area (Å²) in [6.07, 6.45) is 2.26. The predicted octanol–water partition coefficient (Wildman–Crippen LogP) is 4.08. The van der Waals surface area contributed by atoms with Crippen LogP contribution < -0.4 is 10.5 Å². The molecule has 1 aliphatic rings. The molecule has 0 radical (unpaired) electrons. The van der Waals surface area contributed by atoms with E-state index in [1.165, 1.54) is 11.3 Å². The summed E-state index contributed by atoms with van der Waals surface area (Å²) in [7, 11) is 0. The number of ether oxygens (including phenoxy) is 1. The highest BCUT2D eigenvalue weighted by atomic mass is 79.9. The quantitative estimate of drug-likeness (QED) is 0.847. The summed E-state index contributed by atoms with van der Waals surface area (Å²) in [5.41, 5.74) is 7.22. The summed E-state index contributed by atoms with van der Waals surface area (Å²) in [5.74, 6) is 0.827. The molecule has 0 amide bonds. The minimum atomic E-state index is -0.105. The minimum absolute atomic E-state index is 0.0427. The fourth-order valence-corrected chi connectivity index (χ4v) is 3.39. The standard InChI is InChI=1S/C12H10BrClN2OS/c13-6-1-2-9-7(3-6)8(15)4-10(17-9)12-16-5-11(14)18-12/h1-3,5,8,10H,4,15H2/t8-,10?/m0/s1. The SMILES string of the molecule is N[C@H]1CC(c2ncc(Cl)s2)Oc2ccc(Br)cc21. The van der Waals surface area contributed by atoms with Gasteiger partial charge in [-0.3, -0.25) is 0 Å². The molecule has 1 aromatic carbocycles. The lowest BCUT2D eigenvalue weighted by Gasteiger charge is -2.29. The third-order valence-corrected chi connectivity index (χ3v) is 4.58. The van der Waals surface area contributed by atoms with E-state index in [0.717, 1.165) is 20.8 Å². The lowest BCUT2D eigenvalue weighted by atomic mass is 9.97. The largest absolute Gasteiger partial charge is 0.483 e. The van der Waals surface area contributed by atoms with E-state index >= 15 is 0 Å². The van der Waals surface area contributed by atoms with Gasteiger partial charge in [0.1, 0.15) is 15.1 Å². The molecule has 0 aliphatic carbocycles. The fourth-order valence-electron chi connectivity index (χ4n) is 2.04. The summed E-state index contributed by atoms with van der Waals surface area (Å²) in [6, 6.07) is 5.84. The van der Waals surface area contributed by atoms with Crippen LogP contribution in [-0.4, -0.2) is 4.98 Å². The number of rotatable bonds is 1. The Morgan fingerprint density at radius 1 is 1.50 bits per heavy atom. The van der Waals surface area contributed by atoms with E-state index in [9.17, 15) is 0 Å². The highest BCUT2D eigenvalue weighted by Crippen LogP contribution is 2.41. The monoisotopic (exact) mass is 344 g/mol. The van der Waals surface area contributed by atoms with Gasteiger partial charge in [0, 0.05) is 22.5 Å². The second-order valence-corrected chi connectivity index (χ2v) is 6.74. The molecule has 6 heteroatoms. The Balaban J connectivity index is 1.94. The molecule has 0 spiro atoms. The number of fused-ring (bicyclic) bond motifs is 1. The number of aromatic nitrogens is 1. The third kappa shape index (κ3) is 2.28. The number of halogens is 2. The van der Waals surface area contributed by atoms with Crippen molar-refractivity contribution in [3.8, 4) is 5.75 Å². The smallest absolute Gasteiger partial charge is 0.152 e. The maximum absolute atomic E-state index is 6.19. The molecule has 1 aromatic heterocycles. The molecule has 2 atom stereocenters. The molecule has 3 rings (SSSR count). The van der Waals surface area contributed by atoms with Crippen molar-refractivity contribution in [3.05, 3.63) is 43.8 Å². The molecule has 2 heterocycles. The van der Waals surface area contributed by atoms with Crippen LogP contribution >= 0.6 is 38.9 Å². The van der Waals surface area contributed by atoms with E-state index in [1.54, 1.807) is 6.20 Å². The van der Waals surface area contributed by atoms with Gasteiger partial charge in [0.05, 0.1) is 6.20 Å². The first kappa shape index (κ1) is 12.4. The van der Waals surface area contributed by atoms with Crippen molar-refractivity contribution in [3.63, 3.8) is 0 Å². The Bertz CT molecular complexity index is 589. The maximum Gasteiger partial charge on any atom is 0.152 e. The highest BCUT2D eigenvalue weighted by molar-refractivity contribution is 9.10. The maximum atomic E-state index is 6.19. The number of nitrogens with two attached hydrogens (primary N) is 1. The van der Waals surface area contributed by atoms with E-state index in [2.05, 4.69) is 20.9 Å². The lowest BCUT2D eigenvalue weighted by Crippen LogP contribution is -2.24. The molecule has 18 heavy (non-hydrogen) atoms. The van der Waals surface area contributed by atoms with Gasteiger partial charge in [0.2, 0.25) is 0 Å². The predicted molar refractivity (Wildman–Crippen MR) is 76.2 cm³/mol. The summed E-state index contributed by atoms with van der Waals surface area (Å²) in [4.78, 5) is 4.26. The van der Waals surface area contributed by atoms with Crippen molar-refractivity contribution in [1.29, 1.82) is 0 Å². The van der Waals surface area contributed by atoms with Crippen molar-refractivity contribution in [2.75, 3.05) is 0 Å². The van der Waals surface area contributed by atoms with Gasteiger partial charge in [-0.25, -0.2) is 4.98 Å². The lowest BCUT2D eigenvalue weighted by molar-refractivity contribution is 0.161. The average Bonchev–Trinajstić information content (AvgIpc) is 2.77. The van der Waals surface area contributed by atoms with E-state index < -0.39 is 0 Å². The summed E-state index contributed by atoms with van der Waals surface area (Å²) in [5, 5.41) is 0.879. The van der Waals surface area contributed by atoms with Crippen LogP contribution in [0.25, 0.3) is 0 Å². The normalized spacial score (nSPS) is 22.4. The molecule has 0 fully saturated rings. The molecule has 2 N–H and O–H groups in total. The number of nitrogens with zero attached hydrogens (tertiary/aromatic N) is 1. The zero-order chi connectivity index (χ0) is 12.7. The van der Waals surface area contributed by atoms with E-state index in [4.69, 9.17) is 22.1 Å². The van der Waals surface area contributed by atoms with Crippen LogP contribution in [0.2, 0.25) is 4.34 Å². The molecule has 0 saturated carbocycles.